The summed E-state index contributed by atoms with van der Waals surface area (Å²) in [6.07, 6.45) is 3.59. The molecule has 8 heteroatoms. The van der Waals surface area contributed by atoms with Crippen LogP contribution in [0.4, 0.5) is 4.39 Å². The Morgan fingerprint density at radius 3 is 2.70 bits per heavy atom. The van der Waals surface area contributed by atoms with E-state index in [1.807, 2.05) is 26.1 Å². The van der Waals surface area contributed by atoms with E-state index in [2.05, 4.69) is 32.0 Å². The number of likely N-dealkylation sites (tertiary alicyclic amines) is 1. The monoisotopic (exact) mass is 406 g/mol. The molecule has 0 atom stereocenters. The van der Waals surface area contributed by atoms with Crippen molar-refractivity contribution in [3.8, 4) is 11.5 Å². The van der Waals surface area contributed by atoms with Gasteiger partial charge in [-0.1, -0.05) is 6.07 Å². The van der Waals surface area contributed by atoms with Crippen LogP contribution in [0.15, 0.2) is 29.2 Å². The normalized spacial score (nSPS) is 16.0. The molecule has 7 nitrogen and oxygen atoms in total. The summed E-state index contributed by atoms with van der Waals surface area (Å²) < 4.78 is 17.0. The molecule has 1 aliphatic rings. The Hall–Kier alpha value is -3.13. The average molecular weight is 406 g/mol. The second-order valence-corrected chi connectivity index (χ2v) is 8.18. The van der Waals surface area contributed by atoms with E-state index in [-0.39, 0.29) is 11.3 Å². The van der Waals surface area contributed by atoms with Gasteiger partial charge < -0.3 is 9.88 Å². The van der Waals surface area contributed by atoms with Crippen molar-refractivity contribution in [2.75, 3.05) is 20.1 Å². The lowest BCUT2D eigenvalue weighted by atomic mass is 9.88. The summed E-state index contributed by atoms with van der Waals surface area (Å²) in [7, 11) is 2.07. The van der Waals surface area contributed by atoms with Crippen molar-refractivity contribution in [3.05, 3.63) is 57.5 Å². The standard InChI is InChI=1S/C22H23FN6O/c1-12-11-29-18(13(2)24-12)10-17(27-29)21-25-16-5-4-15(14-6-8-28(3)9-7-14)20(23)19(16)22(30)26-21/h4-5,10-11,14H,6-9H2,1-3H3,(H,25,26,30). The summed E-state index contributed by atoms with van der Waals surface area (Å²) in [5, 5.41) is 4.54. The molecule has 0 saturated carbocycles. The maximum absolute atomic E-state index is 15.3. The Bertz CT molecular complexity index is 1330. The highest BCUT2D eigenvalue weighted by Gasteiger charge is 2.24. The van der Waals surface area contributed by atoms with E-state index in [9.17, 15) is 4.79 Å². The molecule has 30 heavy (non-hydrogen) atoms. The first-order valence-corrected chi connectivity index (χ1v) is 10.2. The number of fused-ring (bicyclic) bond motifs is 2. The van der Waals surface area contributed by atoms with Crippen LogP contribution in [0.1, 0.15) is 35.7 Å². The van der Waals surface area contributed by atoms with E-state index in [4.69, 9.17) is 0 Å². The lowest BCUT2D eigenvalue weighted by Gasteiger charge is -2.29. The molecule has 1 aliphatic heterocycles. The minimum absolute atomic E-state index is 0.0210. The third-order valence-electron chi connectivity index (χ3n) is 6.00. The van der Waals surface area contributed by atoms with Gasteiger partial charge in [0.1, 0.15) is 16.9 Å². The van der Waals surface area contributed by atoms with Crippen molar-refractivity contribution in [1.82, 2.24) is 29.5 Å². The summed E-state index contributed by atoms with van der Waals surface area (Å²) in [5.41, 5.74) is 3.51. The molecule has 4 aromatic rings. The lowest BCUT2D eigenvalue weighted by molar-refractivity contribution is 0.253. The summed E-state index contributed by atoms with van der Waals surface area (Å²) in [6, 6.07) is 5.36. The Balaban J connectivity index is 1.60. The van der Waals surface area contributed by atoms with Crippen LogP contribution in [0.25, 0.3) is 27.9 Å². The number of hydrogen-bond acceptors (Lipinski definition) is 5. The number of nitrogens with zero attached hydrogens (tertiary/aromatic N) is 5. The fourth-order valence-electron chi connectivity index (χ4n) is 4.37. The van der Waals surface area contributed by atoms with Crippen LogP contribution >= 0.6 is 0 Å². The first-order chi connectivity index (χ1) is 14.4. The maximum atomic E-state index is 15.3. The molecule has 1 aromatic carbocycles. The van der Waals surface area contributed by atoms with E-state index in [0.29, 0.717) is 22.6 Å². The molecule has 4 heterocycles. The molecule has 0 spiro atoms. The largest absolute Gasteiger partial charge is 0.306 e. The van der Waals surface area contributed by atoms with Crippen molar-refractivity contribution in [2.24, 2.45) is 0 Å². The minimum Gasteiger partial charge on any atom is -0.306 e. The third-order valence-corrected chi connectivity index (χ3v) is 6.00. The van der Waals surface area contributed by atoms with Crippen molar-refractivity contribution in [1.29, 1.82) is 0 Å². The van der Waals surface area contributed by atoms with E-state index in [0.717, 1.165) is 42.8 Å². The summed E-state index contributed by atoms with van der Waals surface area (Å²) in [6.45, 7) is 5.66. The second-order valence-electron chi connectivity index (χ2n) is 8.18. The third kappa shape index (κ3) is 3.08. The number of rotatable bonds is 2. The van der Waals surface area contributed by atoms with Crippen LogP contribution in [-0.4, -0.2) is 49.6 Å². The number of aryl methyl sites for hydroxylation is 2. The number of aromatic nitrogens is 5. The summed E-state index contributed by atoms with van der Waals surface area (Å²) in [4.78, 5) is 26.7. The first-order valence-electron chi connectivity index (χ1n) is 10.2. The van der Waals surface area contributed by atoms with Crippen molar-refractivity contribution >= 4 is 16.4 Å². The Labute approximate surface area is 172 Å². The SMILES string of the molecule is Cc1cn2nc(-c3nc4ccc(C5CCN(C)CC5)c(F)c4c(=O)[nH]3)cc2c(C)n1. The fraction of sp³-hybridized carbons (Fsp3) is 0.364. The topological polar surface area (TPSA) is 79.2 Å². The predicted octanol–water partition coefficient (Wildman–Crippen LogP) is 3.20. The van der Waals surface area contributed by atoms with E-state index < -0.39 is 11.4 Å². The van der Waals surface area contributed by atoms with Crippen molar-refractivity contribution in [2.45, 2.75) is 32.6 Å². The van der Waals surface area contributed by atoms with Gasteiger partial charge in [0.2, 0.25) is 0 Å². The van der Waals surface area contributed by atoms with Gasteiger partial charge in [0, 0.05) is 0 Å². The summed E-state index contributed by atoms with van der Waals surface area (Å²) in [5.74, 6) is -0.00505. The Morgan fingerprint density at radius 2 is 1.93 bits per heavy atom. The maximum Gasteiger partial charge on any atom is 0.262 e. The van der Waals surface area contributed by atoms with Gasteiger partial charge in [-0.2, -0.15) is 5.10 Å². The van der Waals surface area contributed by atoms with Crippen LogP contribution in [0.5, 0.6) is 0 Å². The second kappa shape index (κ2) is 6.98. The zero-order valence-corrected chi connectivity index (χ0v) is 17.2. The average Bonchev–Trinajstić information content (AvgIpc) is 3.13. The zero-order valence-electron chi connectivity index (χ0n) is 17.2. The van der Waals surface area contributed by atoms with Crippen LogP contribution in [0, 0.1) is 19.7 Å². The number of benzene rings is 1. The number of H-pyrrole nitrogens is 1. The minimum atomic E-state index is -0.481. The molecule has 1 N–H and O–H groups in total. The highest BCUT2D eigenvalue weighted by atomic mass is 19.1. The van der Waals surface area contributed by atoms with Crippen molar-refractivity contribution in [3.63, 3.8) is 0 Å². The van der Waals surface area contributed by atoms with Gasteiger partial charge in [0.05, 0.1) is 28.6 Å². The molecule has 0 aliphatic carbocycles. The number of aromatic amines is 1. The fourth-order valence-corrected chi connectivity index (χ4v) is 4.37. The van der Waals surface area contributed by atoms with Crippen LogP contribution in [0.2, 0.25) is 0 Å². The van der Waals surface area contributed by atoms with Crippen LogP contribution in [0.3, 0.4) is 0 Å². The van der Waals surface area contributed by atoms with Gasteiger partial charge in [-0.25, -0.2) is 13.9 Å². The molecule has 0 bridgehead atoms. The molecule has 1 fully saturated rings. The number of nitrogens with one attached hydrogen (secondary N) is 1. The van der Waals surface area contributed by atoms with Gasteiger partial charge in [-0.3, -0.25) is 9.78 Å². The van der Waals surface area contributed by atoms with Gasteiger partial charge in [-0.15, -0.1) is 0 Å². The molecule has 5 rings (SSSR count). The molecule has 3 aromatic heterocycles. The highest BCUT2D eigenvalue weighted by Crippen LogP contribution is 2.31. The molecule has 0 unspecified atom stereocenters. The molecular weight excluding hydrogens is 383 g/mol. The van der Waals surface area contributed by atoms with Gasteiger partial charge >= 0.3 is 0 Å². The van der Waals surface area contributed by atoms with E-state index >= 15 is 4.39 Å². The molecule has 1 saturated heterocycles. The van der Waals surface area contributed by atoms with E-state index in [1.165, 1.54) is 0 Å². The smallest absolute Gasteiger partial charge is 0.262 e. The number of piperidine rings is 1. The quantitative estimate of drug-likeness (QED) is 0.553. The van der Waals surface area contributed by atoms with Gasteiger partial charge in [0.25, 0.3) is 5.56 Å². The summed E-state index contributed by atoms with van der Waals surface area (Å²) >= 11 is 0. The zero-order chi connectivity index (χ0) is 21.0. The molecule has 0 radical (unpaired) electrons. The molecule has 0 amide bonds. The molecular formula is C22H23FN6O. The highest BCUT2D eigenvalue weighted by molar-refractivity contribution is 5.81. The Kier molecular flexibility index (Phi) is 4.39. The number of halogens is 1. The van der Waals surface area contributed by atoms with Crippen molar-refractivity contribution < 1.29 is 4.39 Å². The number of hydrogen-bond donors (Lipinski definition) is 1. The van der Waals surface area contributed by atoms with E-state index in [1.54, 1.807) is 16.6 Å². The molecule has 154 valence electrons. The van der Waals surface area contributed by atoms with Gasteiger partial charge in [-0.05, 0) is 70.4 Å². The predicted molar refractivity (Wildman–Crippen MR) is 113 cm³/mol. The van der Waals surface area contributed by atoms with Crippen LogP contribution < -0.4 is 5.56 Å². The van der Waals surface area contributed by atoms with Gasteiger partial charge in [0.15, 0.2) is 5.82 Å². The lowest BCUT2D eigenvalue weighted by Crippen LogP contribution is -2.29. The Morgan fingerprint density at radius 1 is 1.17 bits per heavy atom. The van der Waals surface area contributed by atoms with Crippen LogP contribution in [-0.2, 0) is 0 Å². The first kappa shape index (κ1) is 18.9.